The molecule has 2 rings (SSSR count). The minimum atomic E-state index is 0.396. The van der Waals surface area contributed by atoms with E-state index in [1.54, 1.807) is 6.26 Å². The molecule has 0 aliphatic carbocycles. The Kier molecular flexibility index (Phi) is 4.63. The lowest BCUT2D eigenvalue weighted by Crippen LogP contribution is -2.40. The van der Waals surface area contributed by atoms with E-state index in [-0.39, 0.29) is 0 Å². The molecule has 1 aliphatic rings. The Hall–Kier alpha value is -0.800. The summed E-state index contributed by atoms with van der Waals surface area (Å²) in [6, 6.07) is 5.01. The Balaban J connectivity index is 2.01. The Labute approximate surface area is 104 Å². The van der Waals surface area contributed by atoms with Crippen LogP contribution in [0.2, 0.25) is 0 Å². The van der Waals surface area contributed by atoms with Gasteiger partial charge in [-0.25, -0.2) is 0 Å². The van der Waals surface area contributed by atoms with Crippen molar-refractivity contribution in [3.63, 3.8) is 0 Å². The first-order chi connectivity index (χ1) is 8.27. The zero-order chi connectivity index (χ0) is 12.1. The molecule has 1 aliphatic heterocycles. The quantitative estimate of drug-likeness (QED) is 0.852. The highest BCUT2D eigenvalue weighted by Crippen LogP contribution is 2.24. The lowest BCUT2D eigenvalue weighted by molar-refractivity contribution is 0.141. The highest BCUT2D eigenvalue weighted by Gasteiger charge is 2.24. The largest absolute Gasteiger partial charge is 0.468 e. The summed E-state index contributed by atoms with van der Waals surface area (Å²) in [5, 5.41) is 3.53. The Morgan fingerprint density at radius 2 is 2.06 bits per heavy atom. The van der Waals surface area contributed by atoms with E-state index < -0.39 is 0 Å². The van der Waals surface area contributed by atoms with Gasteiger partial charge in [0.1, 0.15) is 5.76 Å². The molecule has 1 saturated heterocycles. The highest BCUT2D eigenvalue weighted by atomic mass is 16.3. The fourth-order valence-corrected chi connectivity index (χ4v) is 2.47. The van der Waals surface area contributed by atoms with Crippen molar-refractivity contribution >= 4 is 0 Å². The molecule has 1 unspecified atom stereocenters. The normalized spacial score (nSPS) is 19.7. The van der Waals surface area contributed by atoms with Gasteiger partial charge in [0.25, 0.3) is 0 Å². The summed E-state index contributed by atoms with van der Waals surface area (Å²) >= 11 is 0. The molecule has 0 radical (unpaired) electrons. The molecular weight excluding hydrogens is 212 g/mol. The van der Waals surface area contributed by atoms with E-state index in [1.807, 2.05) is 6.07 Å². The molecule has 0 spiro atoms. The highest BCUT2D eigenvalue weighted by molar-refractivity contribution is 5.06. The summed E-state index contributed by atoms with van der Waals surface area (Å²) in [6.45, 7) is 7.76. The van der Waals surface area contributed by atoms with E-state index in [2.05, 4.69) is 30.1 Å². The van der Waals surface area contributed by atoms with Crippen LogP contribution in [0, 0.1) is 0 Å². The van der Waals surface area contributed by atoms with E-state index in [4.69, 9.17) is 4.42 Å². The molecule has 1 fully saturated rings. The number of rotatable bonds is 5. The van der Waals surface area contributed by atoms with Gasteiger partial charge in [-0.05, 0) is 38.1 Å². The van der Waals surface area contributed by atoms with Gasteiger partial charge < -0.3 is 9.73 Å². The van der Waals surface area contributed by atoms with Crippen LogP contribution in [0.4, 0.5) is 0 Å². The molecule has 0 aromatic carbocycles. The maximum Gasteiger partial charge on any atom is 0.122 e. The van der Waals surface area contributed by atoms with Gasteiger partial charge in [-0.1, -0.05) is 20.3 Å². The van der Waals surface area contributed by atoms with Gasteiger partial charge >= 0.3 is 0 Å². The minimum Gasteiger partial charge on any atom is -0.468 e. The third kappa shape index (κ3) is 3.58. The fourth-order valence-electron chi connectivity index (χ4n) is 2.47. The van der Waals surface area contributed by atoms with Gasteiger partial charge in [0.15, 0.2) is 0 Å². The van der Waals surface area contributed by atoms with Crippen molar-refractivity contribution in [1.82, 2.24) is 10.2 Å². The second-order valence-corrected chi connectivity index (χ2v) is 5.19. The van der Waals surface area contributed by atoms with Crippen LogP contribution < -0.4 is 5.32 Å². The van der Waals surface area contributed by atoms with Crippen molar-refractivity contribution in [2.45, 2.75) is 45.2 Å². The molecule has 96 valence electrons. The number of nitrogens with zero attached hydrogens (tertiary/aromatic N) is 1. The number of piperidine rings is 1. The van der Waals surface area contributed by atoms with Crippen LogP contribution in [0.3, 0.4) is 0 Å². The molecule has 17 heavy (non-hydrogen) atoms. The van der Waals surface area contributed by atoms with Crippen molar-refractivity contribution in [3.8, 4) is 0 Å². The van der Waals surface area contributed by atoms with E-state index >= 15 is 0 Å². The topological polar surface area (TPSA) is 28.4 Å². The van der Waals surface area contributed by atoms with Crippen molar-refractivity contribution < 1.29 is 4.42 Å². The Morgan fingerprint density at radius 1 is 1.29 bits per heavy atom. The first-order valence-corrected chi connectivity index (χ1v) is 6.78. The molecule has 3 heteroatoms. The van der Waals surface area contributed by atoms with Gasteiger partial charge in [0, 0.05) is 12.6 Å². The molecule has 1 aromatic rings. The number of nitrogens with one attached hydrogen (secondary N) is 1. The summed E-state index contributed by atoms with van der Waals surface area (Å²) in [6.07, 6.45) is 5.79. The molecule has 0 bridgehead atoms. The van der Waals surface area contributed by atoms with E-state index in [1.165, 1.54) is 32.4 Å². The lowest BCUT2D eigenvalue weighted by atomic mass is 10.1. The number of furan rings is 1. The number of likely N-dealkylation sites (tertiary alicyclic amines) is 1. The van der Waals surface area contributed by atoms with Gasteiger partial charge in [-0.2, -0.15) is 0 Å². The molecular formula is C14H24N2O. The smallest absolute Gasteiger partial charge is 0.122 e. The standard InChI is InChI=1S/C14H24N2O/c1-12(2)15-11-13(14-7-6-10-17-14)16-8-4-3-5-9-16/h6-7,10,12-13,15H,3-5,8-9,11H2,1-2H3. The van der Waals surface area contributed by atoms with E-state index in [9.17, 15) is 0 Å². The second-order valence-electron chi connectivity index (χ2n) is 5.19. The fraction of sp³-hybridized carbons (Fsp3) is 0.714. The van der Waals surface area contributed by atoms with Gasteiger partial charge in [-0.15, -0.1) is 0 Å². The average molecular weight is 236 g/mol. The monoisotopic (exact) mass is 236 g/mol. The minimum absolute atomic E-state index is 0.396. The summed E-state index contributed by atoms with van der Waals surface area (Å²) < 4.78 is 5.60. The summed E-state index contributed by atoms with van der Waals surface area (Å²) in [7, 11) is 0. The van der Waals surface area contributed by atoms with Crippen molar-refractivity contribution in [1.29, 1.82) is 0 Å². The molecule has 3 nitrogen and oxygen atoms in total. The maximum absolute atomic E-state index is 5.60. The molecule has 0 saturated carbocycles. The summed E-state index contributed by atoms with van der Waals surface area (Å²) in [5.41, 5.74) is 0. The van der Waals surface area contributed by atoms with E-state index in [0.717, 1.165) is 12.3 Å². The Morgan fingerprint density at radius 3 is 2.65 bits per heavy atom. The Bertz CT molecular complexity index is 302. The second kappa shape index (κ2) is 6.22. The predicted molar refractivity (Wildman–Crippen MR) is 70.0 cm³/mol. The van der Waals surface area contributed by atoms with Crippen LogP contribution in [-0.4, -0.2) is 30.6 Å². The summed E-state index contributed by atoms with van der Waals surface area (Å²) in [5.74, 6) is 1.10. The van der Waals surface area contributed by atoms with Crippen molar-refractivity contribution in [2.24, 2.45) is 0 Å². The van der Waals surface area contributed by atoms with Gasteiger partial charge in [-0.3, -0.25) is 4.90 Å². The van der Waals surface area contributed by atoms with Crippen molar-refractivity contribution in [2.75, 3.05) is 19.6 Å². The van der Waals surface area contributed by atoms with E-state index in [0.29, 0.717) is 12.1 Å². The predicted octanol–water partition coefficient (Wildman–Crippen LogP) is 2.80. The zero-order valence-corrected chi connectivity index (χ0v) is 11.0. The molecule has 1 N–H and O–H groups in total. The lowest BCUT2D eigenvalue weighted by Gasteiger charge is -2.34. The third-order valence-electron chi connectivity index (χ3n) is 3.42. The van der Waals surface area contributed by atoms with Crippen LogP contribution in [0.25, 0.3) is 0 Å². The molecule has 2 heterocycles. The first-order valence-electron chi connectivity index (χ1n) is 6.78. The maximum atomic E-state index is 5.60. The SMILES string of the molecule is CC(C)NCC(c1ccco1)N1CCCCC1. The molecule has 0 amide bonds. The zero-order valence-electron chi connectivity index (χ0n) is 11.0. The first kappa shape index (κ1) is 12.7. The van der Waals surface area contributed by atoms with Crippen LogP contribution in [-0.2, 0) is 0 Å². The molecule has 1 atom stereocenters. The third-order valence-corrected chi connectivity index (χ3v) is 3.42. The van der Waals surface area contributed by atoms with Crippen LogP contribution in [0.15, 0.2) is 22.8 Å². The van der Waals surface area contributed by atoms with Crippen LogP contribution in [0.1, 0.15) is 44.9 Å². The molecule has 1 aromatic heterocycles. The number of hydrogen-bond acceptors (Lipinski definition) is 3. The average Bonchev–Trinajstić information content (AvgIpc) is 2.84. The van der Waals surface area contributed by atoms with Gasteiger partial charge in [0.05, 0.1) is 12.3 Å². The summed E-state index contributed by atoms with van der Waals surface area (Å²) in [4.78, 5) is 2.55. The van der Waals surface area contributed by atoms with Crippen molar-refractivity contribution in [3.05, 3.63) is 24.2 Å². The van der Waals surface area contributed by atoms with Crippen LogP contribution in [0.5, 0.6) is 0 Å². The van der Waals surface area contributed by atoms with Gasteiger partial charge in [0.2, 0.25) is 0 Å². The number of hydrogen-bond donors (Lipinski definition) is 1. The van der Waals surface area contributed by atoms with Crippen LogP contribution >= 0.6 is 0 Å².